The third kappa shape index (κ3) is 6.41. The van der Waals surface area contributed by atoms with Gasteiger partial charge >= 0.3 is 0 Å². The zero-order chi connectivity index (χ0) is 19.2. The van der Waals surface area contributed by atoms with E-state index >= 15 is 0 Å². The standard InChI is InChI=1S/C18H27FN2O4S.ClH/c1-14(26(23,24)16-5-3-15(19)4-6-16)11-17(22)21-12-18(13-25-2)7-9-20-10-8-18;/h3-6,14,20H,7-13H2,1-2H3,(H,21,22);1H. The molecule has 1 unspecified atom stereocenters. The molecule has 1 fully saturated rings. The maximum atomic E-state index is 13.0. The molecule has 154 valence electrons. The number of hydrogen-bond donors (Lipinski definition) is 2. The van der Waals surface area contributed by atoms with E-state index < -0.39 is 20.9 Å². The minimum absolute atomic E-state index is 0. The van der Waals surface area contributed by atoms with Crippen molar-refractivity contribution in [2.24, 2.45) is 5.41 Å². The summed E-state index contributed by atoms with van der Waals surface area (Å²) in [5.74, 6) is -0.808. The molecule has 1 aromatic carbocycles. The van der Waals surface area contributed by atoms with E-state index in [0.717, 1.165) is 38.1 Å². The van der Waals surface area contributed by atoms with Crippen LogP contribution in [0.15, 0.2) is 29.2 Å². The first kappa shape index (κ1) is 23.8. The van der Waals surface area contributed by atoms with Gasteiger partial charge in [-0.15, -0.1) is 12.4 Å². The molecule has 0 aliphatic carbocycles. The Morgan fingerprint density at radius 2 is 1.89 bits per heavy atom. The predicted octanol–water partition coefficient (Wildman–Crippen LogP) is 1.93. The van der Waals surface area contributed by atoms with Crippen molar-refractivity contribution in [3.63, 3.8) is 0 Å². The highest BCUT2D eigenvalue weighted by atomic mass is 35.5. The van der Waals surface area contributed by atoms with Gasteiger partial charge in [-0.25, -0.2) is 12.8 Å². The summed E-state index contributed by atoms with van der Waals surface area (Å²) in [6, 6.07) is 4.65. The van der Waals surface area contributed by atoms with Crippen LogP contribution in [0.2, 0.25) is 0 Å². The number of sulfone groups is 1. The van der Waals surface area contributed by atoms with Crippen molar-refractivity contribution in [3.05, 3.63) is 30.1 Å². The summed E-state index contributed by atoms with van der Waals surface area (Å²) in [7, 11) is -2.04. The quantitative estimate of drug-likeness (QED) is 0.625. The Kier molecular flexibility index (Phi) is 9.14. The van der Waals surface area contributed by atoms with Crippen LogP contribution in [-0.2, 0) is 19.4 Å². The molecule has 2 N–H and O–H groups in total. The van der Waals surface area contributed by atoms with Gasteiger partial charge < -0.3 is 15.4 Å². The van der Waals surface area contributed by atoms with Crippen LogP contribution in [0.1, 0.15) is 26.2 Å². The summed E-state index contributed by atoms with van der Waals surface area (Å²) in [4.78, 5) is 12.3. The molecular weight excluding hydrogens is 395 g/mol. The summed E-state index contributed by atoms with van der Waals surface area (Å²) in [6.07, 6.45) is 1.65. The molecule has 6 nitrogen and oxygen atoms in total. The van der Waals surface area contributed by atoms with Crippen molar-refractivity contribution in [1.82, 2.24) is 10.6 Å². The topological polar surface area (TPSA) is 84.5 Å². The predicted molar refractivity (Wildman–Crippen MR) is 104 cm³/mol. The highest BCUT2D eigenvalue weighted by molar-refractivity contribution is 7.92. The summed E-state index contributed by atoms with van der Waals surface area (Å²) in [6.45, 7) is 4.25. The van der Waals surface area contributed by atoms with E-state index in [9.17, 15) is 17.6 Å². The lowest BCUT2D eigenvalue weighted by molar-refractivity contribution is -0.122. The Morgan fingerprint density at radius 1 is 1.30 bits per heavy atom. The SMILES string of the molecule is COCC1(CNC(=O)CC(C)S(=O)(=O)c2ccc(F)cc2)CCNCC1.Cl. The van der Waals surface area contributed by atoms with Gasteiger partial charge in [-0.05, 0) is 57.1 Å². The summed E-state index contributed by atoms with van der Waals surface area (Å²) < 4.78 is 43.3. The molecule has 0 radical (unpaired) electrons. The monoisotopic (exact) mass is 422 g/mol. The van der Waals surface area contributed by atoms with Gasteiger partial charge in [0.2, 0.25) is 5.91 Å². The maximum Gasteiger partial charge on any atom is 0.221 e. The van der Waals surface area contributed by atoms with E-state index in [2.05, 4.69) is 10.6 Å². The van der Waals surface area contributed by atoms with E-state index in [1.54, 1.807) is 7.11 Å². The first-order chi connectivity index (χ1) is 12.3. The molecule has 1 aliphatic heterocycles. The molecule has 1 aliphatic rings. The van der Waals surface area contributed by atoms with Crippen LogP contribution >= 0.6 is 12.4 Å². The first-order valence-corrected chi connectivity index (χ1v) is 10.3. The molecule has 1 heterocycles. The molecule has 0 bridgehead atoms. The van der Waals surface area contributed by atoms with Gasteiger partial charge in [-0.2, -0.15) is 0 Å². The smallest absolute Gasteiger partial charge is 0.221 e. The molecule has 9 heteroatoms. The number of benzene rings is 1. The fourth-order valence-electron chi connectivity index (χ4n) is 3.22. The van der Waals surface area contributed by atoms with Crippen LogP contribution in [0.5, 0.6) is 0 Å². The van der Waals surface area contributed by atoms with E-state index in [-0.39, 0.29) is 35.0 Å². The highest BCUT2D eigenvalue weighted by Crippen LogP contribution is 2.28. The van der Waals surface area contributed by atoms with Crippen molar-refractivity contribution < 1.29 is 22.3 Å². The van der Waals surface area contributed by atoms with Gasteiger partial charge in [0, 0.05) is 25.5 Å². The molecule has 0 aromatic heterocycles. The van der Waals surface area contributed by atoms with Crippen LogP contribution < -0.4 is 10.6 Å². The van der Waals surface area contributed by atoms with Crippen LogP contribution in [0.4, 0.5) is 4.39 Å². The van der Waals surface area contributed by atoms with E-state index in [1.165, 1.54) is 19.1 Å². The lowest BCUT2D eigenvalue weighted by Gasteiger charge is -2.37. The highest BCUT2D eigenvalue weighted by Gasteiger charge is 2.33. The maximum absolute atomic E-state index is 13.0. The third-order valence-corrected chi connectivity index (χ3v) is 7.08. The Balaban J connectivity index is 0.00000364. The van der Waals surface area contributed by atoms with Crippen molar-refractivity contribution in [1.29, 1.82) is 0 Å². The molecule has 0 spiro atoms. The Bertz CT molecular complexity index is 701. The molecule has 27 heavy (non-hydrogen) atoms. The van der Waals surface area contributed by atoms with Gasteiger partial charge in [-0.1, -0.05) is 0 Å². The average Bonchev–Trinajstić information content (AvgIpc) is 2.61. The minimum Gasteiger partial charge on any atom is -0.384 e. The zero-order valence-corrected chi connectivity index (χ0v) is 17.3. The van der Waals surface area contributed by atoms with Crippen LogP contribution in [0, 0.1) is 11.2 Å². The van der Waals surface area contributed by atoms with Crippen molar-refractivity contribution in [2.75, 3.05) is 33.4 Å². The Hall–Kier alpha value is -1.22. The lowest BCUT2D eigenvalue weighted by atomic mass is 9.79. The average molecular weight is 423 g/mol. The second kappa shape index (κ2) is 10.4. The molecule has 1 amide bonds. The van der Waals surface area contributed by atoms with Crippen LogP contribution in [0.25, 0.3) is 0 Å². The van der Waals surface area contributed by atoms with Crippen molar-refractivity contribution >= 4 is 28.2 Å². The van der Waals surface area contributed by atoms with Gasteiger partial charge in [0.05, 0.1) is 16.8 Å². The molecular formula is C18H28ClFN2O4S. The van der Waals surface area contributed by atoms with E-state index in [4.69, 9.17) is 4.74 Å². The van der Waals surface area contributed by atoms with Crippen LogP contribution in [-0.4, -0.2) is 52.9 Å². The van der Waals surface area contributed by atoms with Crippen molar-refractivity contribution in [3.8, 4) is 0 Å². The number of ether oxygens (including phenoxy) is 1. The molecule has 1 aromatic rings. The third-order valence-electron chi connectivity index (χ3n) is 4.92. The number of carbonyl (C=O) groups is 1. The number of carbonyl (C=O) groups excluding carboxylic acids is 1. The van der Waals surface area contributed by atoms with Crippen LogP contribution in [0.3, 0.4) is 0 Å². The number of methoxy groups -OCH3 is 1. The summed E-state index contributed by atoms with van der Waals surface area (Å²) in [5.41, 5.74) is -0.116. The fraction of sp³-hybridized carbons (Fsp3) is 0.611. The number of nitrogens with one attached hydrogen (secondary N) is 2. The van der Waals surface area contributed by atoms with Crippen molar-refractivity contribution in [2.45, 2.75) is 36.3 Å². The normalized spacial score (nSPS) is 17.6. The molecule has 0 saturated carbocycles. The molecule has 1 atom stereocenters. The number of amides is 1. The first-order valence-electron chi connectivity index (χ1n) is 8.75. The second-order valence-corrected chi connectivity index (χ2v) is 9.34. The minimum atomic E-state index is -3.68. The summed E-state index contributed by atoms with van der Waals surface area (Å²) >= 11 is 0. The number of hydrogen-bond acceptors (Lipinski definition) is 5. The Labute approximate surface area is 166 Å². The van der Waals surface area contributed by atoms with Gasteiger partial charge in [0.1, 0.15) is 5.82 Å². The Morgan fingerprint density at radius 3 is 2.44 bits per heavy atom. The van der Waals surface area contributed by atoms with E-state index in [0.29, 0.717) is 13.2 Å². The molecule has 1 saturated heterocycles. The second-order valence-electron chi connectivity index (χ2n) is 6.97. The summed E-state index contributed by atoms with van der Waals surface area (Å²) in [5, 5.41) is 5.27. The van der Waals surface area contributed by atoms with E-state index in [1.807, 2.05) is 0 Å². The lowest BCUT2D eigenvalue weighted by Crippen LogP contribution is -2.47. The van der Waals surface area contributed by atoms with Gasteiger partial charge in [0.15, 0.2) is 9.84 Å². The number of piperidine rings is 1. The van der Waals surface area contributed by atoms with Gasteiger partial charge in [-0.3, -0.25) is 4.79 Å². The van der Waals surface area contributed by atoms with Gasteiger partial charge in [0.25, 0.3) is 0 Å². The number of halogens is 2. The largest absolute Gasteiger partial charge is 0.384 e. The zero-order valence-electron chi connectivity index (χ0n) is 15.7. The number of rotatable bonds is 8. The fourth-order valence-corrected chi connectivity index (χ4v) is 4.57. The molecule has 2 rings (SSSR count).